The summed E-state index contributed by atoms with van der Waals surface area (Å²) in [6.45, 7) is 2.06. The van der Waals surface area contributed by atoms with Crippen molar-refractivity contribution in [1.82, 2.24) is 0 Å². The Morgan fingerprint density at radius 2 is 1.94 bits per heavy atom. The predicted molar refractivity (Wildman–Crippen MR) is 71.7 cm³/mol. The summed E-state index contributed by atoms with van der Waals surface area (Å²) in [5.41, 5.74) is 8.51. The number of hydrogen-bond acceptors (Lipinski definition) is 3. The van der Waals surface area contributed by atoms with Gasteiger partial charge in [-0.3, -0.25) is 0 Å². The number of nitrogens with two attached hydrogens (primary N) is 1. The highest BCUT2D eigenvalue weighted by atomic mass is 79.9. The molecule has 4 heteroatoms. The summed E-state index contributed by atoms with van der Waals surface area (Å²) >= 11 is 3.57. The van der Waals surface area contributed by atoms with Gasteiger partial charge in [0.2, 0.25) is 0 Å². The summed E-state index contributed by atoms with van der Waals surface area (Å²) in [4.78, 5) is 0. The minimum Gasteiger partial charge on any atom is -0.493 e. The topological polar surface area (TPSA) is 44.5 Å². The van der Waals surface area contributed by atoms with Crippen LogP contribution in [0.5, 0.6) is 11.5 Å². The van der Waals surface area contributed by atoms with Gasteiger partial charge in [-0.15, -0.1) is 0 Å². The highest BCUT2D eigenvalue weighted by Crippen LogP contribution is 2.47. The van der Waals surface area contributed by atoms with Gasteiger partial charge in [0.25, 0.3) is 0 Å². The quantitative estimate of drug-likeness (QED) is 0.933. The van der Waals surface area contributed by atoms with Crippen LogP contribution >= 0.6 is 15.9 Å². The van der Waals surface area contributed by atoms with Crippen LogP contribution in [0.3, 0.4) is 0 Å². The third kappa shape index (κ3) is 1.93. The van der Waals surface area contributed by atoms with E-state index in [0.29, 0.717) is 0 Å². The first-order valence-corrected chi connectivity index (χ1v) is 6.53. The number of rotatable bonds is 3. The van der Waals surface area contributed by atoms with Gasteiger partial charge in [-0.1, -0.05) is 0 Å². The van der Waals surface area contributed by atoms with Crippen molar-refractivity contribution in [2.24, 2.45) is 5.73 Å². The smallest absolute Gasteiger partial charge is 0.175 e. The fourth-order valence-corrected chi connectivity index (χ4v) is 2.96. The van der Waals surface area contributed by atoms with Crippen molar-refractivity contribution in [1.29, 1.82) is 0 Å². The van der Waals surface area contributed by atoms with Gasteiger partial charge in [0.1, 0.15) is 0 Å². The molecule has 1 saturated carbocycles. The predicted octanol–water partition coefficient (Wildman–Crippen LogP) is 3.11. The molecule has 0 saturated heterocycles. The van der Waals surface area contributed by atoms with Crippen LogP contribution in [-0.2, 0) is 5.54 Å². The molecule has 1 aliphatic rings. The number of methoxy groups -OCH3 is 2. The normalized spacial score (nSPS) is 17.5. The van der Waals surface area contributed by atoms with Gasteiger partial charge in [0.15, 0.2) is 11.5 Å². The van der Waals surface area contributed by atoms with Crippen LogP contribution in [0.25, 0.3) is 0 Å². The molecular formula is C13H18BrNO2. The lowest BCUT2D eigenvalue weighted by Gasteiger charge is -2.40. The van der Waals surface area contributed by atoms with Crippen LogP contribution in [0.15, 0.2) is 10.5 Å². The Hall–Kier alpha value is -0.740. The number of hydrogen-bond donors (Lipinski definition) is 1. The first kappa shape index (κ1) is 12.7. The van der Waals surface area contributed by atoms with Gasteiger partial charge in [-0.2, -0.15) is 0 Å². The molecule has 1 aliphatic carbocycles. The molecule has 0 aliphatic heterocycles. The molecule has 0 aromatic heterocycles. The van der Waals surface area contributed by atoms with E-state index in [9.17, 15) is 0 Å². The van der Waals surface area contributed by atoms with Crippen LogP contribution < -0.4 is 15.2 Å². The van der Waals surface area contributed by atoms with E-state index in [-0.39, 0.29) is 5.54 Å². The molecule has 2 N–H and O–H groups in total. The molecule has 0 amide bonds. The second kappa shape index (κ2) is 4.50. The van der Waals surface area contributed by atoms with Gasteiger partial charge < -0.3 is 15.2 Å². The minimum atomic E-state index is -0.188. The molecule has 0 bridgehead atoms. The number of ether oxygens (including phenoxy) is 2. The molecule has 1 fully saturated rings. The molecule has 1 aromatic carbocycles. The second-order valence-electron chi connectivity index (χ2n) is 4.61. The van der Waals surface area contributed by atoms with E-state index < -0.39 is 0 Å². The van der Waals surface area contributed by atoms with Gasteiger partial charge in [0, 0.05) is 5.54 Å². The SMILES string of the molecule is COc1cc(C2(N)CCC2)c(C)c(Br)c1OC. The average molecular weight is 300 g/mol. The summed E-state index contributed by atoms with van der Waals surface area (Å²) in [5, 5.41) is 0. The molecule has 0 spiro atoms. The van der Waals surface area contributed by atoms with E-state index in [1.807, 2.05) is 6.07 Å². The van der Waals surface area contributed by atoms with E-state index >= 15 is 0 Å². The van der Waals surface area contributed by atoms with Gasteiger partial charge in [-0.25, -0.2) is 0 Å². The number of benzene rings is 1. The summed E-state index contributed by atoms with van der Waals surface area (Å²) < 4.78 is 11.7. The monoisotopic (exact) mass is 299 g/mol. The Morgan fingerprint density at radius 3 is 2.35 bits per heavy atom. The summed E-state index contributed by atoms with van der Waals surface area (Å²) in [6.07, 6.45) is 3.27. The zero-order valence-electron chi connectivity index (χ0n) is 10.5. The van der Waals surface area contributed by atoms with Crippen molar-refractivity contribution in [3.63, 3.8) is 0 Å². The zero-order valence-corrected chi connectivity index (χ0v) is 12.1. The van der Waals surface area contributed by atoms with E-state index in [1.165, 1.54) is 6.42 Å². The Balaban J connectivity index is 2.58. The maximum absolute atomic E-state index is 6.39. The lowest BCUT2D eigenvalue weighted by atomic mass is 9.71. The van der Waals surface area contributed by atoms with Crippen LogP contribution in [-0.4, -0.2) is 14.2 Å². The maximum atomic E-state index is 6.39. The average Bonchev–Trinajstić information content (AvgIpc) is 2.29. The largest absolute Gasteiger partial charge is 0.493 e. The number of halogens is 1. The summed E-state index contributed by atoms with van der Waals surface area (Å²) in [5.74, 6) is 1.47. The van der Waals surface area contributed by atoms with Gasteiger partial charge in [-0.05, 0) is 59.3 Å². The van der Waals surface area contributed by atoms with Crippen molar-refractivity contribution in [3.8, 4) is 11.5 Å². The van der Waals surface area contributed by atoms with E-state index in [0.717, 1.165) is 39.9 Å². The summed E-state index contributed by atoms with van der Waals surface area (Å²) in [7, 11) is 3.29. The molecule has 0 unspecified atom stereocenters. The molecular weight excluding hydrogens is 282 g/mol. The highest BCUT2D eigenvalue weighted by molar-refractivity contribution is 9.10. The minimum absolute atomic E-state index is 0.188. The van der Waals surface area contributed by atoms with Crippen molar-refractivity contribution in [3.05, 3.63) is 21.7 Å². The Labute approximate surface area is 110 Å². The molecule has 0 heterocycles. The van der Waals surface area contributed by atoms with Crippen molar-refractivity contribution >= 4 is 15.9 Å². The molecule has 2 rings (SSSR count). The Morgan fingerprint density at radius 1 is 1.29 bits per heavy atom. The van der Waals surface area contributed by atoms with Crippen molar-refractivity contribution in [2.45, 2.75) is 31.7 Å². The van der Waals surface area contributed by atoms with Crippen molar-refractivity contribution in [2.75, 3.05) is 14.2 Å². The molecule has 1 aromatic rings. The standard InChI is InChI=1S/C13H18BrNO2/c1-8-9(13(15)5-4-6-13)7-10(16-2)12(17-3)11(8)14/h7H,4-6,15H2,1-3H3. The van der Waals surface area contributed by atoms with E-state index in [2.05, 4.69) is 22.9 Å². The van der Waals surface area contributed by atoms with Crippen LogP contribution in [0.4, 0.5) is 0 Å². The van der Waals surface area contributed by atoms with E-state index in [4.69, 9.17) is 15.2 Å². The Bertz CT molecular complexity index is 442. The third-order valence-corrected chi connectivity index (χ3v) is 4.59. The van der Waals surface area contributed by atoms with Crippen LogP contribution in [0.2, 0.25) is 0 Å². The fraction of sp³-hybridized carbons (Fsp3) is 0.538. The van der Waals surface area contributed by atoms with Crippen LogP contribution in [0, 0.1) is 6.92 Å². The first-order chi connectivity index (χ1) is 8.03. The molecule has 94 valence electrons. The summed E-state index contributed by atoms with van der Waals surface area (Å²) in [6, 6.07) is 2.01. The lowest BCUT2D eigenvalue weighted by molar-refractivity contribution is 0.250. The van der Waals surface area contributed by atoms with Gasteiger partial charge >= 0.3 is 0 Å². The molecule has 0 atom stereocenters. The zero-order chi connectivity index (χ0) is 12.6. The third-order valence-electron chi connectivity index (χ3n) is 3.64. The van der Waals surface area contributed by atoms with Crippen molar-refractivity contribution < 1.29 is 9.47 Å². The van der Waals surface area contributed by atoms with Crippen LogP contribution in [0.1, 0.15) is 30.4 Å². The highest BCUT2D eigenvalue weighted by Gasteiger charge is 2.37. The van der Waals surface area contributed by atoms with E-state index in [1.54, 1.807) is 14.2 Å². The molecule has 3 nitrogen and oxygen atoms in total. The van der Waals surface area contributed by atoms with Gasteiger partial charge in [0.05, 0.1) is 18.7 Å². The fourth-order valence-electron chi connectivity index (χ4n) is 2.39. The molecule has 0 radical (unpaired) electrons. The second-order valence-corrected chi connectivity index (χ2v) is 5.40. The maximum Gasteiger partial charge on any atom is 0.175 e. The lowest BCUT2D eigenvalue weighted by Crippen LogP contribution is -2.43. The Kier molecular flexibility index (Phi) is 3.36. The first-order valence-electron chi connectivity index (χ1n) is 5.74. The molecule has 17 heavy (non-hydrogen) atoms.